The van der Waals surface area contributed by atoms with Gasteiger partial charge in [0.15, 0.2) is 0 Å². The van der Waals surface area contributed by atoms with Gasteiger partial charge in [0.2, 0.25) is 0 Å². The molecule has 0 aliphatic rings. The van der Waals surface area contributed by atoms with Crippen molar-refractivity contribution in [1.29, 1.82) is 0 Å². The number of halogens is 1. The number of carboxylic acids is 1. The highest BCUT2D eigenvalue weighted by Gasteiger charge is 2.21. The van der Waals surface area contributed by atoms with E-state index in [0.717, 1.165) is 0 Å². The Morgan fingerprint density at radius 3 is 2.52 bits per heavy atom. The lowest BCUT2D eigenvalue weighted by atomic mass is 9.99. The maximum Gasteiger partial charge on any atom is 0.412 e. The van der Waals surface area contributed by atoms with E-state index in [2.05, 4.69) is 21.2 Å². The molecule has 0 saturated heterocycles. The zero-order valence-corrected chi connectivity index (χ0v) is 13.7. The molecule has 0 spiro atoms. The van der Waals surface area contributed by atoms with Crippen LogP contribution in [0.3, 0.4) is 0 Å². The van der Waals surface area contributed by atoms with Gasteiger partial charge in [0.25, 0.3) is 0 Å². The zero-order chi connectivity index (χ0) is 16.2. The average Bonchev–Trinajstić information content (AvgIpc) is 2.31. The number of amides is 1. The number of nitrogens with one attached hydrogen (secondary N) is 1. The van der Waals surface area contributed by atoms with Crippen molar-refractivity contribution in [2.45, 2.75) is 32.3 Å². The minimum atomic E-state index is -1.01. The van der Waals surface area contributed by atoms with Crippen LogP contribution in [-0.2, 0) is 9.53 Å². The Balaban J connectivity index is 2.97. The SMILES string of the molecule is CC(C)(C)OC(=O)Nc1cc(C(CN)C(=O)O)ccc1Br. The Labute approximate surface area is 131 Å². The van der Waals surface area contributed by atoms with Gasteiger partial charge in [0.1, 0.15) is 5.60 Å². The number of aliphatic carboxylic acids is 1. The van der Waals surface area contributed by atoms with Crippen LogP contribution in [-0.4, -0.2) is 29.3 Å². The van der Waals surface area contributed by atoms with Crippen molar-refractivity contribution < 1.29 is 19.4 Å². The number of anilines is 1. The fraction of sp³-hybridized carbons (Fsp3) is 0.429. The molecule has 0 aliphatic carbocycles. The number of carboxylic acid groups (broad SMARTS) is 1. The predicted octanol–water partition coefficient (Wildman–Crippen LogP) is 2.92. The minimum absolute atomic E-state index is 0.0250. The molecule has 0 heterocycles. The van der Waals surface area contributed by atoms with Crippen LogP contribution in [0.1, 0.15) is 32.3 Å². The standard InChI is InChI=1S/C14H19BrN2O4/c1-14(2,3)21-13(20)17-11-6-8(4-5-10(11)15)9(7-16)12(18)19/h4-6,9H,7,16H2,1-3H3,(H,17,20)(H,18,19). The van der Waals surface area contributed by atoms with Crippen LogP contribution >= 0.6 is 15.9 Å². The molecule has 1 amide bonds. The number of nitrogens with two attached hydrogens (primary N) is 1. The first kappa shape index (κ1) is 17.5. The van der Waals surface area contributed by atoms with Gasteiger partial charge in [0.05, 0.1) is 11.6 Å². The van der Waals surface area contributed by atoms with E-state index in [1.54, 1.807) is 39.0 Å². The molecule has 1 rings (SSSR count). The first-order valence-electron chi connectivity index (χ1n) is 6.36. The molecule has 0 fully saturated rings. The van der Waals surface area contributed by atoms with Gasteiger partial charge in [0, 0.05) is 11.0 Å². The summed E-state index contributed by atoms with van der Waals surface area (Å²) in [5.74, 6) is -1.83. The summed E-state index contributed by atoms with van der Waals surface area (Å²) >= 11 is 3.30. The molecule has 6 nitrogen and oxygen atoms in total. The Morgan fingerprint density at radius 1 is 1.43 bits per heavy atom. The second kappa shape index (κ2) is 6.91. The van der Waals surface area contributed by atoms with Crippen LogP contribution in [0.25, 0.3) is 0 Å². The van der Waals surface area contributed by atoms with Gasteiger partial charge in [-0.15, -0.1) is 0 Å². The van der Waals surface area contributed by atoms with E-state index in [9.17, 15) is 9.59 Å². The van der Waals surface area contributed by atoms with Crippen molar-refractivity contribution in [2.24, 2.45) is 5.73 Å². The van der Waals surface area contributed by atoms with Gasteiger partial charge in [-0.25, -0.2) is 4.79 Å². The van der Waals surface area contributed by atoms with E-state index in [-0.39, 0.29) is 6.54 Å². The Bertz CT molecular complexity index is 540. The van der Waals surface area contributed by atoms with Crippen molar-refractivity contribution in [3.63, 3.8) is 0 Å². The average molecular weight is 359 g/mol. The third kappa shape index (κ3) is 5.35. The van der Waals surface area contributed by atoms with Gasteiger partial charge >= 0.3 is 12.1 Å². The normalized spacial score (nSPS) is 12.6. The van der Waals surface area contributed by atoms with Gasteiger partial charge in [-0.2, -0.15) is 0 Å². The van der Waals surface area contributed by atoms with Crippen LogP contribution in [0.2, 0.25) is 0 Å². The van der Waals surface area contributed by atoms with Crippen molar-refractivity contribution in [3.8, 4) is 0 Å². The fourth-order valence-electron chi connectivity index (χ4n) is 1.65. The van der Waals surface area contributed by atoms with Gasteiger partial charge in [-0.1, -0.05) is 6.07 Å². The topological polar surface area (TPSA) is 102 Å². The lowest BCUT2D eigenvalue weighted by Gasteiger charge is -2.20. The third-order valence-corrected chi connectivity index (χ3v) is 3.25. The van der Waals surface area contributed by atoms with Crippen LogP contribution in [0.15, 0.2) is 22.7 Å². The number of carbonyl (C=O) groups is 2. The zero-order valence-electron chi connectivity index (χ0n) is 12.1. The highest BCUT2D eigenvalue weighted by molar-refractivity contribution is 9.10. The smallest absolute Gasteiger partial charge is 0.412 e. The van der Waals surface area contributed by atoms with Crippen LogP contribution in [0.4, 0.5) is 10.5 Å². The van der Waals surface area contributed by atoms with E-state index in [0.29, 0.717) is 15.7 Å². The quantitative estimate of drug-likeness (QED) is 0.767. The predicted molar refractivity (Wildman–Crippen MR) is 83.4 cm³/mol. The monoisotopic (exact) mass is 358 g/mol. The van der Waals surface area contributed by atoms with Gasteiger partial charge in [-0.3, -0.25) is 10.1 Å². The molecule has 0 saturated carbocycles. The van der Waals surface area contributed by atoms with Gasteiger partial charge < -0.3 is 15.6 Å². The molecule has 0 aromatic heterocycles. The number of rotatable bonds is 4. The first-order valence-corrected chi connectivity index (χ1v) is 7.15. The number of ether oxygens (including phenoxy) is 1. The molecule has 0 bridgehead atoms. The number of hydrogen-bond donors (Lipinski definition) is 3. The summed E-state index contributed by atoms with van der Waals surface area (Å²) in [6.45, 7) is 5.25. The summed E-state index contributed by atoms with van der Waals surface area (Å²) in [7, 11) is 0. The lowest BCUT2D eigenvalue weighted by Crippen LogP contribution is -2.27. The molecule has 1 atom stereocenters. The Hall–Kier alpha value is -1.60. The van der Waals surface area contributed by atoms with Crippen molar-refractivity contribution in [3.05, 3.63) is 28.2 Å². The van der Waals surface area contributed by atoms with Crippen molar-refractivity contribution in [1.82, 2.24) is 0 Å². The summed E-state index contributed by atoms with van der Waals surface area (Å²) in [5, 5.41) is 11.7. The summed E-state index contributed by atoms with van der Waals surface area (Å²) in [6, 6.07) is 4.88. The summed E-state index contributed by atoms with van der Waals surface area (Å²) < 4.78 is 5.78. The van der Waals surface area contributed by atoms with Crippen molar-refractivity contribution >= 4 is 33.7 Å². The summed E-state index contributed by atoms with van der Waals surface area (Å²) in [5.41, 5.74) is 5.80. The molecule has 4 N–H and O–H groups in total. The van der Waals surface area contributed by atoms with E-state index >= 15 is 0 Å². The molecule has 1 aromatic rings. The molecular formula is C14H19BrN2O4. The molecule has 0 radical (unpaired) electrons. The van der Waals surface area contributed by atoms with E-state index in [1.165, 1.54) is 0 Å². The molecule has 1 unspecified atom stereocenters. The first-order chi connectivity index (χ1) is 9.64. The lowest BCUT2D eigenvalue weighted by molar-refractivity contribution is -0.138. The minimum Gasteiger partial charge on any atom is -0.481 e. The molecule has 116 valence electrons. The van der Waals surface area contributed by atoms with E-state index in [4.69, 9.17) is 15.6 Å². The Kier molecular flexibility index (Phi) is 5.74. The second-order valence-corrected chi connectivity index (χ2v) is 6.35. The summed E-state index contributed by atoms with van der Waals surface area (Å²) in [6.07, 6.45) is -0.611. The molecule has 21 heavy (non-hydrogen) atoms. The number of benzene rings is 1. The van der Waals surface area contributed by atoms with Crippen LogP contribution < -0.4 is 11.1 Å². The number of carbonyl (C=O) groups excluding carboxylic acids is 1. The third-order valence-electron chi connectivity index (χ3n) is 2.56. The van der Waals surface area contributed by atoms with Gasteiger partial charge in [-0.05, 0) is 54.4 Å². The van der Waals surface area contributed by atoms with E-state index < -0.39 is 23.6 Å². The van der Waals surface area contributed by atoms with Crippen molar-refractivity contribution in [2.75, 3.05) is 11.9 Å². The largest absolute Gasteiger partial charge is 0.481 e. The highest BCUT2D eigenvalue weighted by Crippen LogP contribution is 2.27. The maximum atomic E-state index is 11.8. The van der Waals surface area contributed by atoms with E-state index in [1.807, 2.05) is 0 Å². The fourth-order valence-corrected chi connectivity index (χ4v) is 1.99. The molecular weight excluding hydrogens is 340 g/mol. The van der Waals surface area contributed by atoms with Crippen LogP contribution in [0, 0.1) is 0 Å². The Morgan fingerprint density at radius 2 is 2.05 bits per heavy atom. The molecule has 1 aromatic carbocycles. The summed E-state index contributed by atoms with van der Waals surface area (Å²) in [4.78, 5) is 22.9. The maximum absolute atomic E-state index is 11.8. The second-order valence-electron chi connectivity index (χ2n) is 5.49. The molecule has 0 aliphatic heterocycles. The highest BCUT2D eigenvalue weighted by atomic mass is 79.9. The molecule has 7 heteroatoms. The number of hydrogen-bond acceptors (Lipinski definition) is 4. The van der Waals surface area contributed by atoms with Crippen LogP contribution in [0.5, 0.6) is 0 Å².